The zero-order valence-corrected chi connectivity index (χ0v) is 8.56. The molecule has 2 aliphatic heterocycles. The smallest absolute Gasteiger partial charge is 0.0648 e. The Kier molecular flexibility index (Phi) is 3.21. The third kappa shape index (κ3) is 2.00. The predicted octanol–water partition coefficient (Wildman–Crippen LogP) is 1.96. The number of piperidine rings is 2. The van der Waals surface area contributed by atoms with Gasteiger partial charge in [-0.25, -0.2) is 0 Å². The Morgan fingerprint density at radius 1 is 1.36 bits per heavy atom. The maximum Gasteiger partial charge on any atom is 0.0648 e. The second-order valence-electron chi connectivity index (χ2n) is 4.33. The quantitative estimate of drug-likeness (QED) is 0.702. The summed E-state index contributed by atoms with van der Waals surface area (Å²) in [5, 5.41) is 11.4. The molecule has 80 valence electrons. The third-order valence-electron chi connectivity index (χ3n) is 3.34. The summed E-state index contributed by atoms with van der Waals surface area (Å²) in [5.41, 5.74) is 0. The molecule has 0 amide bonds. The van der Waals surface area contributed by atoms with E-state index in [1.165, 1.54) is 6.42 Å². The summed E-state index contributed by atoms with van der Waals surface area (Å²) >= 11 is 0. The molecule has 0 saturated carbocycles. The van der Waals surface area contributed by atoms with Crippen LogP contribution in [0, 0.1) is 0 Å². The van der Waals surface area contributed by atoms with Crippen molar-refractivity contribution in [3.05, 3.63) is 12.7 Å². The van der Waals surface area contributed by atoms with Gasteiger partial charge in [-0.15, -0.1) is 6.58 Å². The highest BCUT2D eigenvalue weighted by Gasteiger charge is 2.37. The first-order valence-electron chi connectivity index (χ1n) is 5.51. The van der Waals surface area contributed by atoms with E-state index in [9.17, 15) is 5.21 Å². The first-order valence-corrected chi connectivity index (χ1v) is 5.51. The molecule has 2 bridgehead atoms. The monoisotopic (exact) mass is 197 g/mol. The van der Waals surface area contributed by atoms with Crippen LogP contribution < -0.4 is 0 Å². The lowest BCUT2D eigenvalue weighted by Crippen LogP contribution is -2.52. The molecule has 2 rings (SSSR count). The fraction of sp³-hybridized carbons (Fsp3) is 0.818. The fourth-order valence-electron chi connectivity index (χ4n) is 2.65. The maximum absolute atomic E-state index is 9.79. The summed E-state index contributed by atoms with van der Waals surface area (Å²) in [6.07, 6.45) is 7.54. The largest absolute Gasteiger partial charge is 0.374 e. The Hall–Kier alpha value is -0.380. The molecule has 2 fully saturated rings. The first-order chi connectivity index (χ1) is 6.81. The van der Waals surface area contributed by atoms with Gasteiger partial charge in [0, 0.05) is 12.1 Å². The SMILES string of the molecule is C=CCO[C@H]1C[C@H]2CCC[C@@H](C1)N2O. The molecule has 0 aromatic carbocycles. The number of ether oxygens (including phenoxy) is 1. The molecular formula is C11H19NO2. The summed E-state index contributed by atoms with van der Waals surface area (Å²) in [7, 11) is 0. The average Bonchev–Trinajstić information content (AvgIpc) is 2.15. The topological polar surface area (TPSA) is 32.7 Å². The van der Waals surface area contributed by atoms with E-state index < -0.39 is 0 Å². The molecule has 1 N–H and O–H groups in total. The zero-order chi connectivity index (χ0) is 9.97. The maximum atomic E-state index is 9.79. The standard InChI is InChI=1S/C11H19NO2/c1-2-6-14-11-7-9-4-3-5-10(8-11)12(9)13/h2,9-11,13H,1,3-8H2/t9-,10+,11+. The number of hydrogen-bond donors (Lipinski definition) is 1. The highest BCUT2D eigenvalue weighted by atomic mass is 16.5. The highest BCUT2D eigenvalue weighted by Crippen LogP contribution is 2.33. The minimum atomic E-state index is 0.326. The minimum absolute atomic E-state index is 0.326. The van der Waals surface area contributed by atoms with Gasteiger partial charge in [0.25, 0.3) is 0 Å². The van der Waals surface area contributed by atoms with Gasteiger partial charge >= 0.3 is 0 Å². The van der Waals surface area contributed by atoms with Crippen LogP contribution in [-0.4, -0.2) is 35.1 Å². The van der Waals surface area contributed by atoms with E-state index in [-0.39, 0.29) is 0 Å². The van der Waals surface area contributed by atoms with Gasteiger partial charge in [0.1, 0.15) is 0 Å². The normalized spacial score (nSPS) is 38.2. The van der Waals surface area contributed by atoms with Crippen LogP contribution in [0.3, 0.4) is 0 Å². The van der Waals surface area contributed by atoms with Crippen LogP contribution in [0.5, 0.6) is 0 Å². The zero-order valence-electron chi connectivity index (χ0n) is 8.56. The van der Waals surface area contributed by atoms with Crippen LogP contribution in [0.4, 0.5) is 0 Å². The van der Waals surface area contributed by atoms with Crippen LogP contribution in [0.15, 0.2) is 12.7 Å². The molecule has 3 heteroatoms. The van der Waals surface area contributed by atoms with Crippen molar-refractivity contribution in [1.29, 1.82) is 0 Å². The Morgan fingerprint density at radius 2 is 2.00 bits per heavy atom. The second-order valence-corrected chi connectivity index (χ2v) is 4.33. The van der Waals surface area contributed by atoms with Crippen molar-refractivity contribution in [1.82, 2.24) is 5.06 Å². The molecule has 0 radical (unpaired) electrons. The van der Waals surface area contributed by atoms with Crippen LogP contribution in [0.25, 0.3) is 0 Å². The van der Waals surface area contributed by atoms with Crippen molar-refractivity contribution in [3.63, 3.8) is 0 Å². The molecule has 0 unspecified atom stereocenters. The van der Waals surface area contributed by atoms with E-state index in [0.29, 0.717) is 24.8 Å². The van der Waals surface area contributed by atoms with Crippen molar-refractivity contribution in [3.8, 4) is 0 Å². The first kappa shape index (κ1) is 10.1. The summed E-state index contributed by atoms with van der Waals surface area (Å²) < 4.78 is 5.66. The Bertz CT molecular complexity index is 193. The minimum Gasteiger partial charge on any atom is -0.374 e. The molecule has 3 atom stereocenters. The summed E-state index contributed by atoms with van der Waals surface area (Å²) in [5.74, 6) is 0. The van der Waals surface area contributed by atoms with Gasteiger partial charge < -0.3 is 9.94 Å². The van der Waals surface area contributed by atoms with Gasteiger partial charge in [-0.2, -0.15) is 5.06 Å². The molecule has 2 heterocycles. The number of fused-ring (bicyclic) bond motifs is 2. The Morgan fingerprint density at radius 3 is 2.57 bits per heavy atom. The van der Waals surface area contributed by atoms with Gasteiger partial charge in [-0.05, 0) is 25.7 Å². The number of hydroxylamine groups is 2. The molecule has 14 heavy (non-hydrogen) atoms. The molecule has 2 saturated heterocycles. The van der Waals surface area contributed by atoms with Crippen molar-refractivity contribution < 1.29 is 9.94 Å². The average molecular weight is 197 g/mol. The molecule has 0 aromatic heterocycles. The lowest BCUT2D eigenvalue weighted by atomic mass is 9.85. The highest BCUT2D eigenvalue weighted by molar-refractivity contribution is 4.89. The molecular weight excluding hydrogens is 178 g/mol. The fourth-order valence-corrected chi connectivity index (χ4v) is 2.65. The Labute approximate surface area is 85.3 Å². The van der Waals surface area contributed by atoms with Gasteiger partial charge in [-0.1, -0.05) is 12.5 Å². The van der Waals surface area contributed by atoms with E-state index in [1.54, 1.807) is 11.1 Å². The van der Waals surface area contributed by atoms with Gasteiger partial charge in [0.15, 0.2) is 0 Å². The molecule has 0 spiro atoms. The van der Waals surface area contributed by atoms with Gasteiger partial charge in [0.05, 0.1) is 12.7 Å². The molecule has 3 nitrogen and oxygen atoms in total. The van der Waals surface area contributed by atoms with E-state index in [4.69, 9.17) is 4.74 Å². The van der Waals surface area contributed by atoms with Crippen LogP contribution in [0.2, 0.25) is 0 Å². The predicted molar refractivity (Wildman–Crippen MR) is 54.2 cm³/mol. The Balaban J connectivity index is 1.90. The van der Waals surface area contributed by atoms with E-state index in [0.717, 1.165) is 25.7 Å². The van der Waals surface area contributed by atoms with Crippen molar-refractivity contribution in [2.75, 3.05) is 6.61 Å². The number of hydrogen-bond acceptors (Lipinski definition) is 3. The van der Waals surface area contributed by atoms with E-state index in [1.807, 2.05) is 0 Å². The molecule has 0 aliphatic carbocycles. The van der Waals surface area contributed by atoms with Crippen molar-refractivity contribution >= 4 is 0 Å². The number of rotatable bonds is 3. The van der Waals surface area contributed by atoms with Crippen molar-refractivity contribution in [2.45, 2.75) is 50.3 Å². The lowest BCUT2D eigenvalue weighted by Gasteiger charge is -2.44. The van der Waals surface area contributed by atoms with E-state index >= 15 is 0 Å². The summed E-state index contributed by atoms with van der Waals surface area (Å²) in [6, 6.07) is 0.662. The second kappa shape index (κ2) is 4.43. The summed E-state index contributed by atoms with van der Waals surface area (Å²) in [6.45, 7) is 4.28. The van der Waals surface area contributed by atoms with E-state index in [2.05, 4.69) is 6.58 Å². The van der Waals surface area contributed by atoms with Gasteiger partial charge in [0.2, 0.25) is 0 Å². The summed E-state index contributed by atoms with van der Waals surface area (Å²) in [4.78, 5) is 0. The van der Waals surface area contributed by atoms with Gasteiger partial charge in [-0.3, -0.25) is 0 Å². The molecule has 2 aliphatic rings. The third-order valence-corrected chi connectivity index (χ3v) is 3.34. The molecule has 0 aromatic rings. The van der Waals surface area contributed by atoms with Crippen LogP contribution in [0.1, 0.15) is 32.1 Å². The lowest BCUT2D eigenvalue weighted by molar-refractivity contribution is -0.214. The number of nitrogens with zero attached hydrogens (tertiary/aromatic N) is 1. The van der Waals surface area contributed by atoms with Crippen molar-refractivity contribution in [2.24, 2.45) is 0 Å². The van der Waals surface area contributed by atoms with Crippen LogP contribution >= 0.6 is 0 Å². The van der Waals surface area contributed by atoms with Crippen LogP contribution in [-0.2, 0) is 4.74 Å².